The van der Waals surface area contributed by atoms with E-state index in [9.17, 15) is 0 Å². The first-order valence-corrected chi connectivity index (χ1v) is 20.8. The van der Waals surface area contributed by atoms with Crippen molar-refractivity contribution in [2.45, 2.75) is 0 Å². The first-order chi connectivity index (χ1) is 30.2. The van der Waals surface area contributed by atoms with Gasteiger partial charge in [0.05, 0.1) is 22.4 Å². The van der Waals surface area contributed by atoms with E-state index in [0.717, 1.165) is 33.8 Å². The Morgan fingerprint density at radius 2 is 0.836 bits per heavy atom. The molecule has 0 aliphatic rings. The van der Waals surface area contributed by atoms with E-state index < -0.39 is 0 Å². The normalized spacial score (nSPS) is 11.6. The van der Waals surface area contributed by atoms with Crippen molar-refractivity contribution >= 4 is 54.1 Å². The molecule has 0 spiro atoms. The van der Waals surface area contributed by atoms with E-state index in [1.54, 1.807) is 0 Å². The molecule has 12 aromatic rings. The van der Waals surface area contributed by atoms with Gasteiger partial charge in [0, 0.05) is 33.2 Å². The molecule has 2 heterocycles. The summed E-state index contributed by atoms with van der Waals surface area (Å²) in [5.74, 6) is 0.700. The maximum Gasteiger partial charge on any atom is 0.160 e. The molecule has 2 aromatic heterocycles. The molecule has 0 saturated carbocycles. The number of hydrogen-bond donors (Lipinski definition) is 0. The Morgan fingerprint density at radius 1 is 0.295 bits per heavy atom. The van der Waals surface area contributed by atoms with Crippen LogP contribution in [0.1, 0.15) is 0 Å². The van der Waals surface area contributed by atoms with Gasteiger partial charge < -0.3 is 4.57 Å². The average Bonchev–Trinajstić information content (AvgIpc) is 3.68. The summed E-state index contributed by atoms with van der Waals surface area (Å²) in [5.41, 5.74) is 13.2. The molecular weight excluding hydrogens is 739 g/mol. The summed E-state index contributed by atoms with van der Waals surface area (Å²) in [7, 11) is 0. The molecule has 0 atom stereocenters. The molecule has 10 aromatic carbocycles. The third-order valence-corrected chi connectivity index (χ3v) is 12.2. The third-order valence-electron chi connectivity index (χ3n) is 12.2. The number of benzene rings is 10. The minimum Gasteiger partial charge on any atom is -0.309 e. The second kappa shape index (κ2) is 14.3. The Balaban J connectivity index is 0.939. The molecule has 0 bridgehead atoms. The summed E-state index contributed by atoms with van der Waals surface area (Å²) >= 11 is 0. The van der Waals surface area contributed by atoms with Crippen molar-refractivity contribution in [1.82, 2.24) is 14.5 Å². The van der Waals surface area contributed by atoms with Gasteiger partial charge in [-0.05, 0) is 115 Å². The maximum atomic E-state index is 5.08. The number of para-hydroxylation sites is 1. The molecule has 3 nitrogen and oxygen atoms in total. The van der Waals surface area contributed by atoms with Crippen molar-refractivity contribution in [1.29, 1.82) is 0 Å². The van der Waals surface area contributed by atoms with Gasteiger partial charge in [-0.25, -0.2) is 9.97 Å². The number of aromatic nitrogens is 3. The van der Waals surface area contributed by atoms with Crippen LogP contribution >= 0.6 is 0 Å². The Hall–Kier alpha value is -8.14. The van der Waals surface area contributed by atoms with Crippen LogP contribution in [0, 0.1) is 0 Å². The van der Waals surface area contributed by atoms with E-state index in [1.807, 2.05) is 12.1 Å². The maximum absolute atomic E-state index is 5.08. The Kier molecular flexibility index (Phi) is 8.17. The minimum absolute atomic E-state index is 0.700. The van der Waals surface area contributed by atoms with Crippen molar-refractivity contribution in [3.8, 4) is 61.8 Å². The van der Waals surface area contributed by atoms with Crippen LogP contribution in [-0.4, -0.2) is 14.5 Å². The molecule has 284 valence electrons. The van der Waals surface area contributed by atoms with Crippen molar-refractivity contribution < 1.29 is 0 Å². The predicted octanol–water partition coefficient (Wildman–Crippen LogP) is 15.4. The van der Waals surface area contributed by atoms with Crippen LogP contribution in [0.4, 0.5) is 0 Å². The molecule has 0 radical (unpaired) electrons. The van der Waals surface area contributed by atoms with Gasteiger partial charge in [0.2, 0.25) is 0 Å². The predicted molar refractivity (Wildman–Crippen MR) is 256 cm³/mol. The van der Waals surface area contributed by atoms with Crippen LogP contribution < -0.4 is 0 Å². The highest BCUT2D eigenvalue weighted by atomic mass is 15.0. The van der Waals surface area contributed by atoms with Crippen LogP contribution in [0.5, 0.6) is 0 Å². The van der Waals surface area contributed by atoms with Crippen LogP contribution in [0.3, 0.4) is 0 Å². The first-order valence-electron chi connectivity index (χ1n) is 20.8. The third kappa shape index (κ3) is 6.06. The van der Waals surface area contributed by atoms with Crippen LogP contribution in [0.2, 0.25) is 0 Å². The second-order valence-electron chi connectivity index (χ2n) is 15.8. The fourth-order valence-electron chi connectivity index (χ4n) is 9.16. The summed E-state index contributed by atoms with van der Waals surface area (Å²) in [6.07, 6.45) is 0. The van der Waals surface area contributed by atoms with Gasteiger partial charge in [0.15, 0.2) is 5.82 Å². The van der Waals surface area contributed by atoms with Gasteiger partial charge in [-0.2, -0.15) is 0 Å². The largest absolute Gasteiger partial charge is 0.309 e. The van der Waals surface area contributed by atoms with E-state index in [2.05, 4.69) is 217 Å². The fraction of sp³-hybridized carbons (Fsp3) is 0. The van der Waals surface area contributed by atoms with Gasteiger partial charge in [0.25, 0.3) is 0 Å². The Morgan fingerprint density at radius 3 is 1.57 bits per heavy atom. The molecule has 12 rings (SSSR count). The number of rotatable bonds is 6. The Labute approximate surface area is 353 Å². The summed E-state index contributed by atoms with van der Waals surface area (Å²) < 4.78 is 2.39. The highest BCUT2D eigenvalue weighted by Crippen LogP contribution is 2.40. The fourth-order valence-corrected chi connectivity index (χ4v) is 9.16. The lowest BCUT2D eigenvalue weighted by Crippen LogP contribution is -1.97. The monoisotopic (exact) mass is 775 g/mol. The van der Waals surface area contributed by atoms with E-state index in [1.165, 1.54) is 76.4 Å². The van der Waals surface area contributed by atoms with Gasteiger partial charge in [0.1, 0.15) is 0 Å². The van der Waals surface area contributed by atoms with E-state index in [4.69, 9.17) is 9.97 Å². The smallest absolute Gasteiger partial charge is 0.160 e. The lowest BCUT2D eigenvalue weighted by Gasteiger charge is -2.12. The zero-order chi connectivity index (χ0) is 40.3. The molecule has 61 heavy (non-hydrogen) atoms. The lowest BCUT2D eigenvalue weighted by atomic mass is 9.94. The molecule has 0 aliphatic heterocycles. The molecule has 0 unspecified atom stereocenters. The van der Waals surface area contributed by atoms with E-state index in [0.29, 0.717) is 5.82 Å². The van der Waals surface area contributed by atoms with Crippen LogP contribution in [0.15, 0.2) is 224 Å². The molecule has 0 amide bonds. The number of nitrogens with zero attached hydrogens (tertiary/aromatic N) is 3. The topological polar surface area (TPSA) is 30.7 Å². The molecule has 0 aliphatic carbocycles. The number of hydrogen-bond acceptors (Lipinski definition) is 2. The van der Waals surface area contributed by atoms with E-state index in [-0.39, 0.29) is 0 Å². The summed E-state index contributed by atoms with van der Waals surface area (Å²) in [6.45, 7) is 0. The zero-order valence-electron chi connectivity index (χ0n) is 33.2. The second-order valence-corrected chi connectivity index (χ2v) is 15.8. The Bertz CT molecular complexity index is 3560. The van der Waals surface area contributed by atoms with Crippen molar-refractivity contribution in [2.24, 2.45) is 0 Å². The molecule has 0 saturated heterocycles. The number of fused-ring (bicyclic) bond motifs is 7. The highest BCUT2D eigenvalue weighted by Gasteiger charge is 2.17. The lowest BCUT2D eigenvalue weighted by molar-refractivity contribution is 1.16. The SMILES string of the molecule is c1ccc(-c2cc(-c3ccccc3)nc(-c3ccc(-n4c5ccccc5c5c6cc(-c7ccc8cc(-c9cccc%10ccccc9%10)ccc8c7)ccc6ccc54)cc3)n2)cc1. The van der Waals surface area contributed by atoms with E-state index >= 15 is 0 Å². The molecular formula is C58H37N3. The summed E-state index contributed by atoms with van der Waals surface area (Å²) in [4.78, 5) is 10.2. The van der Waals surface area contributed by atoms with Gasteiger partial charge >= 0.3 is 0 Å². The van der Waals surface area contributed by atoms with Crippen molar-refractivity contribution in [2.75, 3.05) is 0 Å². The van der Waals surface area contributed by atoms with Gasteiger partial charge in [-0.1, -0.05) is 164 Å². The molecule has 3 heteroatoms. The molecule has 0 fully saturated rings. The first kappa shape index (κ1) is 34.9. The van der Waals surface area contributed by atoms with Crippen molar-refractivity contribution in [3.63, 3.8) is 0 Å². The van der Waals surface area contributed by atoms with Crippen molar-refractivity contribution in [3.05, 3.63) is 224 Å². The summed E-state index contributed by atoms with van der Waals surface area (Å²) in [6, 6.07) is 80.6. The average molecular weight is 776 g/mol. The standard InChI is InChI=1S/C58H37N3/c1-3-13-40(14-4-1)53-37-54(41-15-5-2-6-16-41)60-58(59-53)42-28-31-48(32-29-42)61-55-21-10-9-19-51(55)57-52-36-46(23-22-39(52)30-33-56(57)61)44-24-25-45-35-47(27-26-43(45)34-44)50-20-11-17-38-12-7-8-18-49(38)50/h1-37H. The van der Waals surface area contributed by atoms with Crippen LogP contribution in [-0.2, 0) is 0 Å². The molecule has 0 N–H and O–H groups in total. The highest BCUT2D eigenvalue weighted by molar-refractivity contribution is 6.22. The van der Waals surface area contributed by atoms with Crippen LogP contribution in [0.25, 0.3) is 116 Å². The zero-order valence-corrected chi connectivity index (χ0v) is 33.2. The minimum atomic E-state index is 0.700. The van der Waals surface area contributed by atoms with Gasteiger partial charge in [-0.3, -0.25) is 0 Å². The summed E-state index contributed by atoms with van der Waals surface area (Å²) in [5, 5.41) is 9.95. The van der Waals surface area contributed by atoms with Gasteiger partial charge in [-0.15, -0.1) is 0 Å². The quantitative estimate of drug-likeness (QED) is 0.168.